The van der Waals surface area contributed by atoms with E-state index in [0.29, 0.717) is 12.7 Å². The number of hydrogen-bond donors (Lipinski definition) is 1. The minimum absolute atomic E-state index is 0. The zero-order valence-corrected chi connectivity index (χ0v) is 15.4. The van der Waals surface area contributed by atoms with Crippen molar-refractivity contribution in [3.63, 3.8) is 0 Å². The molecule has 0 amide bonds. The molecule has 132 valence electrons. The third-order valence-electron chi connectivity index (χ3n) is 3.47. The summed E-state index contributed by atoms with van der Waals surface area (Å²) in [4.78, 5) is 0. The van der Waals surface area contributed by atoms with E-state index in [9.17, 15) is 0 Å². The molecule has 0 heterocycles. The van der Waals surface area contributed by atoms with Gasteiger partial charge >= 0.3 is 0 Å². The molecule has 0 radical (unpaired) electrons. The number of nitrogens with one attached hydrogen (secondary N) is 1. The van der Waals surface area contributed by atoms with Gasteiger partial charge in [0.2, 0.25) is 0 Å². The normalized spacial score (nSPS) is 10.5. The van der Waals surface area contributed by atoms with Gasteiger partial charge in [-0.2, -0.15) is 0 Å². The molecule has 0 saturated heterocycles. The second-order valence-corrected chi connectivity index (χ2v) is 5.83. The molecule has 2 aromatic rings. The molecule has 24 heavy (non-hydrogen) atoms. The lowest BCUT2D eigenvalue weighted by Crippen LogP contribution is -2.17. The Morgan fingerprint density at radius 2 is 1.67 bits per heavy atom. The molecule has 0 unspecified atom stereocenters. The van der Waals surface area contributed by atoms with E-state index >= 15 is 0 Å². The summed E-state index contributed by atoms with van der Waals surface area (Å²) >= 11 is 0. The first-order chi connectivity index (χ1) is 11.3. The van der Waals surface area contributed by atoms with Crippen LogP contribution in [0.25, 0.3) is 0 Å². The van der Waals surface area contributed by atoms with Crippen molar-refractivity contribution < 1.29 is 9.47 Å². The van der Waals surface area contributed by atoms with Gasteiger partial charge in [-0.05, 0) is 38.4 Å². The summed E-state index contributed by atoms with van der Waals surface area (Å²) in [5.41, 5.74) is 2.37. The SMILES string of the molecule is CC(C)OCCCNCc1ccccc1OCc1ccccc1.Cl. The van der Waals surface area contributed by atoms with Gasteiger partial charge in [0.05, 0.1) is 6.10 Å². The summed E-state index contributed by atoms with van der Waals surface area (Å²) in [5.74, 6) is 0.947. The van der Waals surface area contributed by atoms with Crippen LogP contribution in [0.1, 0.15) is 31.4 Å². The predicted octanol–water partition coefficient (Wildman–Crippen LogP) is 4.59. The van der Waals surface area contributed by atoms with Gasteiger partial charge in [-0.1, -0.05) is 48.5 Å². The van der Waals surface area contributed by atoms with Crippen LogP contribution in [0.5, 0.6) is 5.75 Å². The number of benzene rings is 2. The van der Waals surface area contributed by atoms with Crippen molar-refractivity contribution >= 4 is 12.4 Å². The first-order valence-electron chi connectivity index (χ1n) is 8.32. The van der Waals surface area contributed by atoms with E-state index < -0.39 is 0 Å². The third-order valence-corrected chi connectivity index (χ3v) is 3.47. The average Bonchev–Trinajstić information content (AvgIpc) is 2.57. The lowest BCUT2D eigenvalue weighted by Gasteiger charge is -2.13. The molecule has 0 fully saturated rings. The molecule has 0 aliphatic heterocycles. The van der Waals surface area contributed by atoms with E-state index in [2.05, 4.69) is 37.4 Å². The molecule has 0 spiro atoms. The molecule has 0 aliphatic carbocycles. The lowest BCUT2D eigenvalue weighted by atomic mass is 10.2. The minimum atomic E-state index is 0. The van der Waals surface area contributed by atoms with Crippen LogP contribution in [0.3, 0.4) is 0 Å². The fraction of sp³-hybridized carbons (Fsp3) is 0.400. The first kappa shape index (κ1) is 20.5. The summed E-state index contributed by atoms with van der Waals surface area (Å²) in [5, 5.41) is 3.45. The van der Waals surface area contributed by atoms with Crippen LogP contribution in [0.4, 0.5) is 0 Å². The highest BCUT2D eigenvalue weighted by Gasteiger charge is 2.03. The van der Waals surface area contributed by atoms with Gasteiger partial charge in [-0.15, -0.1) is 12.4 Å². The van der Waals surface area contributed by atoms with Crippen molar-refractivity contribution in [2.75, 3.05) is 13.2 Å². The Kier molecular flexibility index (Phi) is 10.2. The minimum Gasteiger partial charge on any atom is -0.489 e. The highest BCUT2D eigenvalue weighted by molar-refractivity contribution is 5.85. The number of ether oxygens (including phenoxy) is 2. The van der Waals surface area contributed by atoms with Gasteiger partial charge in [0.25, 0.3) is 0 Å². The third kappa shape index (κ3) is 7.82. The second kappa shape index (κ2) is 11.9. The van der Waals surface area contributed by atoms with Crippen LogP contribution >= 0.6 is 12.4 Å². The van der Waals surface area contributed by atoms with Crippen LogP contribution in [-0.4, -0.2) is 19.3 Å². The van der Waals surface area contributed by atoms with Gasteiger partial charge < -0.3 is 14.8 Å². The summed E-state index contributed by atoms with van der Waals surface area (Å²) in [6.45, 7) is 7.28. The molecule has 2 rings (SSSR count). The molecule has 4 heteroatoms. The van der Waals surface area contributed by atoms with Gasteiger partial charge in [0.15, 0.2) is 0 Å². The van der Waals surface area contributed by atoms with Crippen molar-refractivity contribution in [2.45, 2.75) is 39.5 Å². The molecular formula is C20H28ClNO2. The van der Waals surface area contributed by atoms with Crippen molar-refractivity contribution in [3.8, 4) is 5.75 Å². The van der Waals surface area contributed by atoms with E-state index in [4.69, 9.17) is 9.47 Å². The van der Waals surface area contributed by atoms with E-state index in [1.165, 1.54) is 11.1 Å². The zero-order chi connectivity index (χ0) is 16.3. The summed E-state index contributed by atoms with van der Waals surface area (Å²) in [6.07, 6.45) is 1.33. The van der Waals surface area contributed by atoms with Gasteiger partial charge in [0, 0.05) is 18.7 Å². The number of halogens is 1. The van der Waals surface area contributed by atoms with Crippen molar-refractivity contribution in [2.24, 2.45) is 0 Å². The number of rotatable bonds is 10. The van der Waals surface area contributed by atoms with Gasteiger partial charge in [-0.3, -0.25) is 0 Å². The summed E-state index contributed by atoms with van der Waals surface area (Å²) in [7, 11) is 0. The maximum absolute atomic E-state index is 5.97. The largest absolute Gasteiger partial charge is 0.489 e. The van der Waals surface area contributed by atoms with Crippen LogP contribution in [0.2, 0.25) is 0 Å². The lowest BCUT2D eigenvalue weighted by molar-refractivity contribution is 0.0770. The van der Waals surface area contributed by atoms with Crippen molar-refractivity contribution in [3.05, 3.63) is 65.7 Å². The second-order valence-electron chi connectivity index (χ2n) is 5.83. The average molecular weight is 350 g/mol. The maximum atomic E-state index is 5.97. The van der Waals surface area contributed by atoms with Crippen LogP contribution in [0.15, 0.2) is 54.6 Å². The van der Waals surface area contributed by atoms with E-state index in [0.717, 1.165) is 31.9 Å². The highest BCUT2D eigenvalue weighted by atomic mass is 35.5. The van der Waals surface area contributed by atoms with Crippen molar-refractivity contribution in [1.29, 1.82) is 0 Å². The van der Waals surface area contributed by atoms with Crippen LogP contribution in [0, 0.1) is 0 Å². The quantitative estimate of drug-likeness (QED) is 0.636. The number of hydrogen-bond acceptors (Lipinski definition) is 3. The first-order valence-corrected chi connectivity index (χ1v) is 8.32. The van der Waals surface area contributed by atoms with Crippen LogP contribution in [-0.2, 0) is 17.9 Å². The molecular weight excluding hydrogens is 322 g/mol. The zero-order valence-electron chi connectivity index (χ0n) is 14.5. The molecule has 3 nitrogen and oxygen atoms in total. The smallest absolute Gasteiger partial charge is 0.124 e. The molecule has 1 N–H and O–H groups in total. The monoisotopic (exact) mass is 349 g/mol. The Hall–Kier alpha value is -1.55. The molecule has 0 atom stereocenters. The Balaban J connectivity index is 0.00000288. The Morgan fingerprint density at radius 3 is 2.42 bits per heavy atom. The Bertz CT molecular complexity index is 561. The fourth-order valence-corrected chi connectivity index (χ4v) is 2.27. The summed E-state index contributed by atoms with van der Waals surface area (Å²) < 4.78 is 11.5. The Morgan fingerprint density at radius 1 is 0.958 bits per heavy atom. The highest BCUT2D eigenvalue weighted by Crippen LogP contribution is 2.19. The number of para-hydroxylation sites is 1. The molecule has 0 bridgehead atoms. The fourth-order valence-electron chi connectivity index (χ4n) is 2.27. The van der Waals surface area contributed by atoms with Crippen LogP contribution < -0.4 is 10.1 Å². The van der Waals surface area contributed by atoms with E-state index in [1.54, 1.807) is 0 Å². The van der Waals surface area contributed by atoms with E-state index in [-0.39, 0.29) is 12.4 Å². The molecule has 0 saturated carbocycles. The summed E-state index contributed by atoms with van der Waals surface area (Å²) in [6, 6.07) is 18.4. The molecule has 0 aromatic heterocycles. The topological polar surface area (TPSA) is 30.5 Å². The van der Waals surface area contributed by atoms with Crippen molar-refractivity contribution in [1.82, 2.24) is 5.32 Å². The predicted molar refractivity (Wildman–Crippen MR) is 102 cm³/mol. The van der Waals surface area contributed by atoms with E-state index in [1.807, 2.05) is 36.4 Å². The molecule has 2 aromatic carbocycles. The standard InChI is InChI=1S/C20H27NO2.ClH/c1-17(2)22-14-8-13-21-15-19-11-6-7-12-20(19)23-16-18-9-4-3-5-10-18;/h3-7,9-12,17,21H,8,13-16H2,1-2H3;1H. The Labute approximate surface area is 151 Å². The van der Waals surface area contributed by atoms with Gasteiger partial charge in [0.1, 0.15) is 12.4 Å². The maximum Gasteiger partial charge on any atom is 0.124 e. The van der Waals surface area contributed by atoms with Gasteiger partial charge in [-0.25, -0.2) is 0 Å². The molecule has 0 aliphatic rings.